The highest BCUT2D eigenvalue weighted by atomic mass is 16.5. The number of likely N-dealkylation sites (N-methyl/N-ethyl adjacent to an activating group) is 2. The van der Waals surface area contributed by atoms with E-state index in [1.807, 2.05) is 90.7 Å². The van der Waals surface area contributed by atoms with E-state index in [9.17, 15) is 24.0 Å². The first-order valence-electron chi connectivity index (χ1n) is 20.0. The molecule has 2 N–H and O–H groups in total. The molecule has 0 aliphatic carbocycles. The van der Waals surface area contributed by atoms with Crippen LogP contribution in [0.15, 0.2) is 30.3 Å². The molecule has 1 heterocycles. The Morgan fingerprint density at radius 2 is 1.51 bits per heavy atom. The molecule has 1 aliphatic rings. The molecule has 312 valence electrons. The van der Waals surface area contributed by atoms with Crippen molar-refractivity contribution < 1.29 is 38.2 Å². The minimum absolute atomic E-state index is 0.00749. The topological polar surface area (TPSA) is 147 Å². The maximum Gasteiger partial charge on any atom is 0.328 e. The lowest BCUT2D eigenvalue weighted by atomic mass is 9.89. The molecule has 0 radical (unpaired) electrons. The summed E-state index contributed by atoms with van der Waals surface area (Å²) >= 11 is 0. The predicted molar refractivity (Wildman–Crippen MR) is 214 cm³/mol. The van der Waals surface area contributed by atoms with Gasteiger partial charge in [0, 0.05) is 34.2 Å². The number of amides is 4. The van der Waals surface area contributed by atoms with Gasteiger partial charge in [-0.25, -0.2) is 4.79 Å². The highest BCUT2D eigenvalue weighted by molar-refractivity contribution is 5.90. The van der Waals surface area contributed by atoms with Gasteiger partial charge in [0.05, 0.1) is 49.8 Å². The number of carbonyl (C=O) groups is 5. The molecule has 0 spiro atoms. The third-order valence-corrected chi connectivity index (χ3v) is 11.4. The molecule has 1 aromatic rings. The fourth-order valence-corrected chi connectivity index (χ4v) is 7.97. The molecule has 0 bridgehead atoms. The quantitative estimate of drug-likeness (QED) is 0.168. The van der Waals surface area contributed by atoms with E-state index < -0.39 is 48.3 Å². The van der Waals surface area contributed by atoms with E-state index in [4.69, 9.17) is 14.2 Å². The number of rotatable bonds is 22. The summed E-state index contributed by atoms with van der Waals surface area (Å²) in [5.41, 5.74) is 0.876. The number of methoxy groups -OCH3 is 3. The van der Waals surface area contributed by atoms with E-state index in [0.717, 1.165) is 18.4 Å². The second-order valence-electron chi connectivity index (χ2n) is 15.9. The van der Waals surface area contributed by atoms with Crippen molar-refractivity contribution in [3.8, 4) is 0 Å². The van der Waals surface area contributed by atoms with Crippen LogP contribution in [0, 0.1) is 23.7 Å². The molecule has 9 atom stereocenters. The average Bonchev–Trinajstić information content (AvgIpc) is 3.65. The van der Waals surface area contributed by atoms with Crippen molar-refractivity contribution in [1.82, 2.24) is 25.3 Å². The maximum atomic E-state index is 14.3. The van der Waals surface area contributed by atoms with Gasteiger partial charge in [0.1, 0.15) is 12.1 Å². The van der Waals surface area contributed by atoms with Gasteiger partial charge in [-0.1, -0.05) is 92.1 Å². The van der Waals surface area contributed by atoms with Crippen LogP contribution in [0.2, 0.25) is 0 Å². The standard InChI is InChI=1S/C42H71N5O8/c1-14-28(7)37(46(10)41(51)35(26(3)4)44-40(50)36(27(5)6)45(9)15-2)33(53-11)25-34(48)47-23-19-22-32(47)38(54-12)29(8)39(49)43-31(42(52)55-13)24-30-20-17-16-18-21-30/h16-18,20-21,26-29,31-33,35-38H,14-15,19,22-25H2,1-13H3,(H,43,49)(H,44,50)/t28-,29+,31-,32-,33+,35-,36-,37-,38+/m0/s1. The van der Waals surface area contributed by atoms with E-state index in [-0.39, 0.29) is 60.3 Å². The van der Waals surface area contributed by atoms with E-state index in [1.165, 1.54) is 14.2 Å². The summed E-state index contributed by atoms with van der Waals surface area (Å²) < 4.78 is 17.0. The Morgan fingerprint density at radius 1 is 0.873 bits per heavy atom. The van der Waals surface area contributed by atoms with Gasteiger partial charge in [-0.15, -0.1) is 0 Å². The van der Waals surface area contributed by atoms with Crippen LogP contribution in [0.4, 0.5) is 0 Å². The van der Waals surface area contributed by atoms with Gasteiger partial charge in [-0.05, 0) is 49.8 Å². The number of ether oxygens (including phenoxy) is 3. The second kappa shape index (κ2) is 22.9. The number of carbonyl (C=O) groups excluding carboxylic acids is 5. The van der Waals surface area contributed by atoms with E-state index in [2.05, 4.69) is 10.6 Å². The lowest BCUT2D eigenvalue weighted by Gasteiger charge is -2.41. The first-order valence-corrected chi connectivity index (χ1v) is 20.0. The third kappa shape index (κ3) is 12.7. The zero-order valence-corrected chi connectivity index (χ0v) is 35.8. The molecule has 13 nitrogen and oxygen atoms in total. The van der Waals surface area contributed by atoms with Crippen LogP contribution in [0.3, 0.4) is 0 Å². The Balaban J connectivity index is 2.29. The molecule has 1 saturated heterocycles. The van der Waals surface area contributed by atoms with Crippen molar-refractivity contribution in [2.75, 3.05) is 48.5 Å². The molecular formula is C42H71N5O8. The maximum absolute atomic E-state index is 14.3. The van der Waals surface area contributed by atoms with Crippen LogP contribution in [-0.4, -0.2) is 135 Å². The van der Waals surface area contributed by atoms with Gasteiger partial charge in [-0.2, -0.15) is 0 Å². The van der Waals surface area contributed by atoms with Gasteiger partial charge in [0.2, 0.25) is 23.6 Å². The van der Waals surface area contributed by atoms with E-state index in [1.54, 1.807) is 30.9 Å². The lowest BCUT2D eigenvalue weighted by Crippen LogP contribution is -2.60. The Hall–Kier alpha value is -3.55. The molecule has 1 aromatic carbocycles. The largest absolute Gasteiger partial charge is 0.467 e. The summed E-state index contributed by atoms with van der Waals surface area (Å²) in [4.78, 5) is 73.9. The normalized spacial score (nSPS) is 18.9. The molecule has 0 unspecified atom stereocenters. The first kappa shape index (κ1) is 47.6. The highest BCUT2D eigenvalue weighted by Crippen LogP contribution is 2.30. The Kier molecular flexibility index (Phi) is 19.8. The van der Waals surface area contributed by atoms with Crippen molar-refractivity contribution in [3.63, 3.8) is 0 Å². The lowest BCUT2D eigenvalue weighted by molar-refractivity contribution is -0.149. The van der Waals surface area contributed by atoms with Crippen molar-refractivity contribution >= 4 is 29.6 Å². The summed E-state index contributed by atoms with van der Waals surface area (Å²) in [6.07, 6.45) is 1.08. The number of esters is 1. The molecule has 55 heavy (non-hydrogen) atoms. The van der Waals surface area contributed by atoms with Gasteiger partial charge >= 0.3 is 5.97 Å². The van der Waals surface area contributed by atoms with E-state index in [0.29, 0.717) is 19.5 Å². The monoisotopic (exact) mass is 774 g/mol. The van der Waals surface area contributed by atoms with Crippen LogP contribution in [0.25, 0.3) is 0 Å². The number of hydrogen-bond donors (Lipinski definition) is 2. The van der Waals surface area contributed by atoms with Crippen molar-refractivity contribution in [2.45, 2.75) is 130 Å². The summed E-state index contributed by atoms with van der Waals surface area (Å²) in [6, 6.07) is 6.48. The van der Waals surface area contributed by atoms with Crippen LogP contribution in [0.1, 0.15) is 86.6 Å². The van der Waals surface area contributed by atoms with Crippen LogP contribution in [0.5, 0.6) is 0 Å². The minimum atomic E-state index is -0.890. The molecule has 0 aromatic heterocycles. The van der Waals surface area contributed by atoms with Gasteiger partial charge < -0.3 is 34.6 Å². The number of benzene rings is 1. The summed E-state index contributed by atoms with van der Waals surface area (Å²) in [6.45, 7) is 16.8. The van der Waals surface area contributed by atoms with Crippen LogP contribution >= 0.6 is 0 Å². The van der Waals surface area contributed by atoms with Gasteiger partial charge in [-0.3, -0.25) is 24.1 Å². The summed E-state index contributed by atoms with van der Waals surface area (Å²) in [5.74, 6) is -2.38. The minimum Gasteiger partial charge on any atom is -0.467 e. The van der Waals surface area contributed by atoms with Crippen LogP contribution < -0.4 is 10.6 Å². The third-order valence-electron chi connectivity index (χ3n) is 11.4. The molecule has 2 rings (SSSR count). The fraction of sp³-hybridized carbons (Fsp3) is 0.738. The van der Waals surface area contributed by atoms with E-state index >= 15 is 0 Å². The molecule has 0 saturated carbocycles. The molecule has 1 aliphatic heterocycles. The van der Waals surface area contributed by atoms with Crippen LogP contribution in [-0.2, 0) is 44.6 Å². The van der Waals surface area contributed by atoms with Crippen molar-refractivity contribution in [2.24, 2.45) is 23.7 Å². The highest BCUT2D eigenvalue weighted by Gasteiger charge is 2.43. The average molecular weight is 774 g/mol. The number of nitrogens with one attached hydrogen (secondary N) is 2. The fourth-order valence-electron chi connectivity index (χ4n) is 7.97. The number of nitrogens with zero attached hydrogens (tertiary/aromatic N) is 3. The Bertz CT molecular complexity index is 1380. The summed E-state index contributed by atoms with van der Waals surface area (Å²) in [7, 11) is 8.01. The van der Waals surface area contributed by atoms with Gasteiger partial charge in [0.15, 0.2) is 0 Å². The zero-order chi connectivity index (χ0) is 41.6. The Morgan fingerprint density at radius 3 is 2.02 bits per heavy atom. The Labute approximate surface area is 330 Å². The first-order chi connectivity index (χ1) is 26.0. The van der Waals surface area contributed by atoms with Gasteiger partial charge in [0.25, 0.3) is 0 Å². The zero-order valence-electron chi connectivity index (χ0n) is 35.8. The number of likely N-dealkylation sites (tertiary alicyclic amines) is 1. The smallest absolute Gasteiger partial charge is 0.328 e. The summed E-state index contributed by atoms with van der Waals surface area (Å²) in [5, 5.41) is 5.93. The molecular weight excluding hydrogens is 702 g/mol. The molecule has 13 heteroatoms. The molecule has 1 fully saturated rings. The van der Waals surface area contributed by atoms with Crippen molar-refractivity contribution in [1.29, 1.82) is 0 Å². The number of hydrogen-bond acceptors (Lipinski definition) is 9. The SMILES string of the molecule is CC[C@H](C)[C@@H]([C@@H](CC(=O)N1CCC[C@H]1[C@H](OC)[C@@H](C)C(=O)N[C@@H](Cc1ccccc1)C(=O)OC)OC)N(C)C(=O)[C@@H](NC(=O)[C@H](C(C)C)N(C)CC)C(C)C. The predicted octanol–water partition coefficient (Wildman–Crippen LogP) is 3.92. The second-order valence-corrected chi connectivity index (χ2v) is 15.9. The van der Waals surface area contributed by atoms with Crippen molar-refractivity contribution in [3.05, 3.63) is 35.9 Å². The molecule has 4 amide bonds.